The molecule has 6 nitrogen and oxygen atoms in total. The number of nitrogens with one attached hydrogen (secondary N) is 1. The number of likely N-dealkylation sites (tertiary alicyclic amines) is 1. The van der Waals surface area contributed by atoms with Crippen molar-refractivity contribution in [2.24, 2.45) is 12.0 Å². The van der Waals surface area contributed by atoms with E-state index in [1.54, 1.807) is 6.26 Å². The molecule has 23 heavy (non-hydrogen) atoms. The van der Waals surface area contributed by atoms with E-state index in [0.29, 0.717) is 5.92 Å². The van der Waals surface area contributed by atoms with Crippen LogP contribution in [0.2, 0.25) is 0 Å². The third-order valence-electron chi connectivity index (χ3n) is 4.22. The van der Waals surface area contributed by atoms with Crippen LogP contribution in [0, 0.1) is 0 Å². The molecular formula is C17H25N5O. The van der Waals surface area contributed by atoms with Gasteiger partial charge in [0, 0.05) is 51.8 Å². The predicted molar refractivity (Wildman–Crippen MR) is 90.5 cm³/mol. The smallest absolute Gasteiger partial charge is 0.193 e. The highest BCUT2D eigenvalue weighted by Crippen LogP contribution is 2.26. The van der Waals surface area contributed by atoms with Gasteiger partial charge in [0.2, 0.25) is 0 Å². The second kappa shape index (κ2) is 7.35. The first kappa shape index (κ1) is 15.6. The Morgan fingerprint density at radius 2 is 2.43 bits per heavy atom. The summed E-state index contributed by atoms with van der Waals surface area (Å²) in [4.78, 5) is 7.10. The van der Waals surface area contributed by atoms with E-state index < -0.39 is 0 Å². The van der Waals surface area contributed by atoms with Gasteiger partial charge in [-0.1, -0.05) is 0 Å². The van der Waals surface area contributed by atoms with E-state index >= 15 is 0 Å². The number of hydrogen-bond donors (Lipinski definition) is 1. The first-order valence-electron chi connectivity index (χ1n) is 8.30. The van der Waals surface area contributed by atoms with Crippen LogP contribution in [-0.4, -0.2) is 46.8 Å². The van der Waals surface area contributed by atoms with Crippen molar-refractivity contribution in [2.45, 2.75) is 25.7 Å². The molecule has 0 saturated carbocycles. The van der Waals surface area contributed by atoms with Crippen LogP contribution in [0.25, 0.3) is 0 Å². The maximum atomic E-state index is 5.37. The van der Waals surface area contributed by atoms with Gasteiger partial charge in [-0.15, -0.1) is 0 Å². The molecule has 2 aromatic heterocycles. The number of aromatic nitrogens is 2. The van der Waals surface area contributed by atoms with Gasteiger partial charge in [0.15, 0.2) is 5.96 Å². The van der Waals surface area contributed by atoms with Gasteiger partial charge in [-0.05, 0) is 31.0 Å². The fourth-order valence-electron chi connectivity index (χ4n) is 3.03. The molecule has 6 heteroatoms. The van der Waals surface area contributed by atoms with Gasteiger partial charge in [-0.25, -0.2) is 0 Å². The minimum Gasteiger partial charge on any atom is -0.469 e. The summed E-state index contributed by atoms with van der Waals surface area (Å²) in [6, 6.07) is 3.92. The molecule has 0 radical (unpaired) electrons. The molecule has 0 amide bonds. The zero-order valence-corrected chi connectivity index (χ0v) is 13.9. The van der Waals surface area contributed by atoms with Crippen LogP contribution in [-0.2, 0) is 13.5 Å². The SMILES string of the molecule is CCNC(=NCCc1ccco1)N1CCC(c2cnn(C)c2)C1. The van der Waals surface area contributed by atoms with E-state index in [1.807, 2.05) is 30.1 Å². The monoisotopic (exact) mass is 315 g/mol. The van der Waals surface area contributed by atoms with E-state index in [1.165, 1.54) is 5.56 Å². The maximum Gasteiger partial charge on any atom is 0.193 e. The van der Waals surface area contributed by atoms with Crippen molar-refractivity contribution in [2.75, 3.05) is 26.2 Å². The van der Waals surface area contributed by atoms with Gasteiger partial charge in [0.25, 0.3) is 0 Å². The molecule has 1 atom stereocenters. The van der Waals surface area contributed by atoms with Gasteiger partial charge < -0.3 is 14.6 Å². The number of hydrogen-bond acceptors (Lipinski definition) is 3. The summed E-state index contributed by atoms with van der Waals surface area (Å²) in [6.45, 7) is 5.76. The van der Waals surface area contributed by atoms with Crippen LogP contribution in [0.4, 0.5) is 0 Å². The zero-order valence-electron chi connectivity index (χ0n) is 13.9. The Labute approximate surface area is 137 Å². The molecule has 0 aliphatic carbocycles. The van der Waals surface area contributed by atoms with Crippen molar-refractivity contribution in [1.29, 1.82) is 0 Å². The average molecular weight is 315 g/mol. The van der Waals surface area contributed by atoms with E-state index in [9.17, 15) is 0 Å². The van der Waals surface area contributed by atoms with Crippen LogP contribution in [0.15, 0.2) is 40.2 Å². The molecule has 3 heterocycles. The van der Waals surface area contributed by atoms with Crippen LogP contribution in [0.1, 0.15) is 30.6 Å². The molecule has 1 N–H and O–H groups in total. The summed E-state index contributed by atoms with van der Waals surface area (Å²) >= 11 is 0. The number of rotatable bonds is 5. The largest absolute Gasteiger partial charge is 0.469 e. The fourth-order valence-corrected chi connectivity index (χ4v) is 3.03. The standard InChI is InChI=1S/C17H25N5O/c1-3-18-17(19-8-6-16-5-4-10-23-16)22-9-7-14(13-22)15-11-20-21(2)12-15/h4-5,10-12,14H,3,6-9,13H2,1-2H3,(H,18,19). The molecule has 3 rings (SSSR count). The van der Waals surface area contributed by atoms with Crippen molar-refractivity contribution >= 4 is 5.96 Å². The van der Waals surface area contributed by atoms with Crippen molar-refractivity contribution in [3.05, 3.63) is 42.1 Å². The lowest BCUT2D eigenvalue weighted by Crippen LogP contribution is -2.40. The lowest BCUT2D eigenvalue weighted by Gasteiger charge is -2.21. The second-order valence-corrected chi connectivity index (χ2v) is 5.94. The second-order valence-electron chi connectivity index (χ2n) is 5.94. The summed E-state index contributed by atoms with van der Waals surface area (Å²) in [6.07, 6.45) is 7.80. The quantitative estimate of drug-likeness (QED) is 0.677. The lowest BCUT2D eigenvalue weighted by molar-refractivity contribution is 0.482. The Bertz CT molecular complexity index is 631. The summed E-state index contributed by atoms with van der Waals surface area (Å²) in [5, 5.41) is 7.69. The summed E-state index contributed by atoms with van der Waals surface area (Å²) < 4.78 is 7.24. The first-order valence-corrected chi connectivity index (χ1v) is 8.30. The Hall–Kier alpha value is -2.24. The van der Waals surface area contributed by atoms with E-state index in [-0.39, 0.29) is 0 Å². The number of guanidine groups is 1. The highest BCUT2D eigenvalue weighted by Gasteiger charge is 2.26. The van der Waals surface area contributed by atoms with Crippen LogP contribution in [0.3, 0.4) is 0 Å². The third-order valence-corrected chi connectivity index (χ3v) is 4.22. The molecular weight excluding hydrogens is 290 g/mol. The van der Waals surface area contributed by atoms with Crippen LogP contribution in [0.5, 0.6) is 0 Å². The fraction of sp³-hybridized carbons (Fsp3) is 0.529. The molecule has 1 saturated heterocycles. The molecule has 1 aliphatic rings. The summed E-state index contributed by atoms with van der Waals surface area (Å²) in [7, 11) is 1.97. The molecule has 0 bridgehead atoms. The van der Waals surface area contributed by atoms with Crippen molar-refractivity contribution in [3.63, 3.8) is 0 Å². The minimum atomic E-state index is 0.539. The number of aryl methyl sites for hydroxylation is 1. The predicted octanol–water partition coefficient (Wildman–Crippen LogP) is 2.01. The van der Waals surface area contributed by atoms with Crippen molar-refractivity contribution in [3.8, 4) is 0 Å². The zero-order chi connectivity index (χ0) is 16.1. The molecule has 2 aromatic rings. The minimum absolute atomic E-state index is 0.539. The summed E-state index contributed by atoms with van der Waals surface area (Å²) in [5.74, 6) is 2.53. The van der Waals surface area contributed by atoms with Crippen LogP contribution < -0.4 is 5.32 Å². The molecule has 1 fully saturated rings. The molecule has 0 aromatic carbocycles. The van der Waals surface area contributed by atoms with Gasteiger partial charge in [-0.2, -0.15) is 5.10 Å². The maximum absolute atomic E-state index is 5.37. The first-order chi connectivity index (χ1) is 11.3. The van der Waals surface area contributed by atoms with Gasteiger partial charge >= 0.3 is 0 Å². The highest BCUT2D eigenvalue weighted by molar-refractivity contribution is 5.80. The van der Waals surface area contributed by atoms with E-state index in [4.69, 9.17) is 9.41 Å². The highest BCUT2D eigenvalue weighted by atomic mass is 16.3. The van der Waals surface area contributed by atoms with Gasteiger partial charge in [0.1, 0.15) is 5.76 Å². The van der Waals surface area contributed by atoms with Gasteiger partial charge in [-0.3, -0.25) is 9.67 Å². The average Bonchev–Trinajstić information content (AvgIpc) is 3.27. The Kier molecular flexibility index (Phi) is 5.00. The molecule has 0 spiro atoms. The Balaban J connectivity index is 1.59. The third kappa shape index (κ3) is 3.94. The molecule has 1 aliphatic heterocycles. The molecule has 124 valence electrons. The van der Waals surface area contributed by atoms with Crippen molar-refractivity contribution in [1.82, 2.24) is 20.0 Å². The van der Waals surface area contributed by atoms with E-state index in [0.717, 1.165) is 50.7 Å². The number of nitrogens with zero attached hydrogens (tertiary/aromatic N) is 4. The Morgan fingerprint density at radius 1 is 1.52 bits per heavy atom. The number of aliphatic imine (C=N–C) groups is 1. The summed E-state index contributed by atoms with van der Waals surface area (Å²) in [5.41, 5.74) is 1.32. The number of furan rings is 1. The van der Waals surface area contributed by atoms with Crippen LogP contribution >= 0.6 is 0 Å². The van der Waals surface area contributed by atoms with Gasteiger partial charge in [0.05, 0.1) is 12.5 Å². The normalized spacial score (nSPS) is 18.6. The lowest BCUT2D eigenvalue weighted by atomic mass is 10.0. The topological polar surface area (TPSA) is 58.6 Å². The molecule has 1 unspecified atom stereocenters. The Morgan fingerprint density at radius 3 is 3.13 bits per heavy atom. The van der Waals surface area contributed by atoms with Crippen molar-refractivity contribution < 1.29 is 4.42 Å². The van der Waals surface area contributed by atoms with E-state index in [2.05, 4.69) is 28.4 Å².